The molecule has 30 heavy (non-hydrogen) atoms. The molecule has 0 spiro atoms. The average Bonchev–Trinajstić information content (AvgIpc) is 2.91. The zero-order valence-corrected chi connectivity index (χ0v) is 18.0. The van der Waals surface area contributed by atoms with E-state index in [2.05, 4.69) is 11.1 Å². The summed E-state index contributed by atoms with van der Waals surface area (Å²) in [5.74, 6) is -0.0371. The molecule has 4 rings (SSSR count). The van der Waals surface area contributed by atoms with Crippen molar-refractivity contribution in [3.05, 3.63) is 23.8 Å². The lowest BCUT2D eigenvalue weighted by Gasteiger charge is -2.60. The molecule has 9 heteroatoms. The van der Waals surface area contributed by atoms with Crippen LogP contribution in [0.25, 0.3) is 0 Å². The first-order valence-electron chi connectivity index (χ1n) is 10.5. The molecular formula is C21H30O8S. The predicted molar refractivity (Wildman–Crippen MR) is 106 cm³/mol. The Hall–Kier alpha value is -1.10. The number of aliphatic hydroxyl groups excluding tert-OH is 2. The third-order valence-electron chi connectivity index (χ3n) is 8.64. The minimum absolute atomic E-state index is 0.0145. The normalized spacial score (nSPS) is 46.6. The van der Waals surface area contributed by atoms with E-state index in [4.69, 9.17) is 4.55 Å². The van der Waals surface area contributed by atoms with Gasteiger partial charge in [-0.15, -0.1) is 0 Å². The standard InChI is InChI=1S/C21H30O8S/c1-19-7-5-13(22)9-12(19)3-4-14-15-6-8-21(25,17(24)11-29-30(26,27)28)20(15,2)10-16(23)18(14)19/h5,7,9,14-18,23-25H,3-4,6,8,10-11H2,1-2H3,(H,26,27,28)/t14-,15-,16-,17?,18+,19-,20-,21-/m0/s1. The molecule has 4 aliphatic rings. The first-order valence-corrected chi connectivity index (χ1v) is 11.8. The Morgan fingerprint density at radius 1 is 1.30 bits per heavy atom. The van der Waals surface area contributed by atoms with Crippen molar-refractivity contribution in [3.63, 3.8) is 0 Å². The molecule has 4 aliphatic carbocycles. The third-order valence-corrected chi connectivity index (χ3v) is 9.07. The predicted octanol–water partition coefficient (Wildman–Crippen LogP) is 1.18. The van der Waals surface area contributed by atoms with Gasteiger partial charge in [0.1, 0.15) is 6.10 Å². The molecule has 0 aromatic rings. The number of rotatable bonds is 4. The van der Waals surface area contributed by atoms with Gasteiger partial charge in [0, 0.05) is 16.7 Å². The Morgan fingerprint density at radius 3 is 2.67 bits per heavy atom. The summed E-state index contributed by atoms with van der Waals surface area (Å²) in [5, 5.41) is 33.4. The van der Waals surface area contributed by atoms with E-state index in [1.807, 2.05) is 13.0 Å². The lowest BCUT2D eigenvalue weighted by molar-refractivity contribution is -0.202. The second-order valence-corrected chi connectivity index (χ2v) is 11.0. The molecule has 0 aliphatic heterocycles. The van der Waals surface area contributed by atoms with Crippen molar-refractivity contribution < 1.29 is 37.3 Å². The summed E-state index contributed by atoms with van der Waals surface area (Å²) in [4.78, 5) is 11.9. The monoisotopic (exact) mass is 442 g/mol. The Labute approximate surface area is 176 Å². The van der Waals surface area contributed by atoms with Crippen LogP contribution in [-0.4, -0.2) is 58.5 Å². The second-order valence-electron chi connectivity index (χ2n) is 9.90. The summed E-state index contributed by atoms with van der Waals surface area (Å²) in [7, 11) is -4.74. The van der Waals surface area contributed by atoms with Crippen molar-refractivity contribution in [1.29, 1.82) is 0 Å². The number of ketones is 1. The fourth-order valence-corrected chi connectivity index (χ4v) is 7.50. The zero-order chi connectivity index (χ0) is 22.1. The zero-order valence-electron chi connectivity index (χ0n) is 17.2. The van der Waals surface area contributed by atoms with Gasteiger partial charge in [0.15, 0.2) is 5.78 Å². The smallest absolute Gasteiger partial charge is 0.393 e. The van der Waals surface area contributed by atoms with E-state index in [0.717, 1.165) is 18.4 Å². The molecule has 4 N–H and O–H groups in total. The molecule has 8 atom stereocenters. The average molecular weight is 443 g/mol. The number of hydrogen-bond acceptors (Lipinski definition) is 7. The maximum atomic E-state index is 11.9. The molecule has 0 radical (unpaired) electrons. The second kappa shape index (κ2) is 6.95. The van der Waals surface area contributed by atoms with E-state index in [1.54, 1.807) is 12.2 Å². The lowest BCUT2D eigenvalue weighted by atomic mass is 9.46. The van der Waals surface area contributed by atoms with E-state index in [0.29, 0.717) is 6.42 Å². The van der Waals surface area contributed by atoms with E-state index in [1.165, 1.54) is 0 Å². The van der Waals surface area contributed by atoms with E-state index < -0.39 is 45.6 Å². The van der Waals surface area contributed by atoms with Crippen LogP contribution in [0.15, 0.2) is 23.8 Å². The highest BCUT2D eigenvalue weighted by atomic mass is 32.3. The Morgan fingerprint density at radius 2 is 2.00 bits per heavy atom. The van der Waals surface area contributed by atoms with Gasteiger partial charge in [-0.3, -0.25) is 9.35 Å². The van der Waals surface area contributed by atoms with Gasteiger partial charge in [-0.2, -0.15) is 8.42 Å². The van der Waals surface area contributed by atoms with Gasteiger partial charge in [-0.05, 0) is 56.1 Å². The highest BCUT2D eigenvalue weighted by Gasteiger charge is 2.67. The SMILES string of the molecule is C[C@]12C=CC(=O)C=C1CC[C@@H]1[C@@H]2[C@@H](O)C[C@@]2(C)[C@H]1CC[C@]2(O)C(O)COS(=O)(=O)O. The maximum absolute atomic E-state index is 11.9. The molecule has 3 saturated carbocycles. The van der Waals surface area contributed by atoms with E-state index in [9.17, 15) is 28.5 Å². The van der Waals surface area contributed by atoms with Crippen LogP contribution in [-0.2, 0) is 19.4 Å². The summed E-state index contributed by atoms with van der Waals surface area (Å²) in [6.07, 6.45) is 5.48. The maximum Gasteiger partial charge on any atom is 0.397 e. The van der Waals surface area contributed by atoms with Crippen LogP contribution >= 0.6 is 0 Å². The van der Waals surface area contributed by atoms with Crippen molar-refractivity contribution in [1.82, 2.24) is 0 Å². The molecular weight excluding hydrogens is 412 g/mol. The number of hydrogen-bond donors (Lipinski definition) is 4. The molecule has 0 amide bonds. The van der Waals surface area contributed by atoms with Crippen LogP contribution in [0, 0.1) is 28.6 Å². The molecule has 0 heterocycles. The van der Waals surface area contributed by atoms with Crippen LogP contribution in [0.4, 0.5) is 0 Å². The minimum atomic E-state index is -4.74. The van der Waals surface area contributed by atoms with Crippen LogP contribution in [0.1, 0.15) is 46.0 Å². The molecule has 3 fully saturated rings. The van der Waals surface area contributed by atoms with Crippen LogP contribution < -0.4 is 0 Å². The summed E-state index contributed by atoms with van der Waals surface area (Å²) in [6.45, 7) is 3.15. The van der Waals surface area contributed by atoms with Crippen LogP contribution in [0.3, 0.4) is 0 Å². The molecule has 0 bridgehead atoms. The fourth-order valence-electron chi connectivity index (χ4n) is 7.20. The van der Waals surface area contributed by atoms with Crippen LogP contribution in [0.2, 0.25) is 0 Å². The largest absolute Gasteiger partial charge is 0.397 e. The first kappa shape index (κ1) is 22.1. The van der Waals surface area contributed by atoms with Crippen LogP contribution in [0.5, 0.6) is 0 Å². The van der Waals surface area contributed by atoms with E-state index in [-0.39, 0.29) is 36.4 Å². The molecule has 1 unspecified atom stereocenters. The number of allylic oxidation sites excluding steroid dienone is 4. The summed E-state index contributed by atoms with van der Waals surface area (Å²) < 4.78 is 35.0. The minimum Gasteiger partial charge on any atom is -0.393 e. The summed E-state index contributed by atoms with van der Waals surface area (Å²) >= 11 is 0. The molecule has 0 aromatic carbocycles. The van der Waals surface area contributed by atoms with Gasteiger partial charge in [-0.1, -0.05) is 25.5 Å². The first-order chi connectivity index (χ1) is 13.8. The Balaban J connectivity index is 1.65. The quantitative estimate of drug-likeness (QED) is 0.476. The van der Waals surface area contributed by atoms with Crippen molar-refractivity contribution in [2.24, 2.45) is 28.6 Å². The number of fused-ring (bicyclic) bond motifs is 5. The van der Waals surface area contributed by atoms with Gasteiger partial charge in [-0.25, -0.2) is 4.18 Å². The topological polar surface area (TPSA) is 141 Å². The van der Waals surface area contributed by atoms with Gasteiger partial charge < -0.3 is 15.3 Å². The van der Waals surface area contributed by atoms with Gasteiger partial charge in [0.2, 0.25) is 0 Å². The highest BCUT2D eigenvalue weighted by Crippen LogP contribution is 2.67. The molecule has 0 aromatic heterocycles. The molecule has 8 nitrogen and oxygen atoms in total. The lowest BCUT2D eigenvalue weighted by Crippen LogP contribution is -2.62. The van der Waals surface area contributed by atoms with Gasteiger partial charge in [0.05, 0.1) is 18.3 Å². The number of aliphatic hydroxyl groups is 3. The van der Waals surface area contributed by atoms with Crippen molar-refractivity contribution in [3.8, 4) is 0 Å². The van der Waals surface area contributed by atoms with Crippen molar-refractivity contribution in [2.45, 2.75) is 63.8 Å². The van der Waals surface area contributed by atoms with E-state index >= 15 is 0 Å². The van der Waals surface area contributed by atoms with Gasteiger partial charge in [0.25, 0.3) is 0 Å². The summed E-state index contributed by atoms with van der Waals surface area (Å²) in [6, 6.07) is 0. The fraction of sp³-hybridized carbons (Fsp3) is 0.762. The highest BCUT2D eigenvalue weighted by molar-refractivity contribution is 7.80. The number of carbonyl (C=O) groups excluding carboxylic acids is 1. The van der Waals surface area contributed by atoms with Crippen molar-refractivity contribution in [2.75, 3.05) is 6.61 Å². The van der Waals surface area contributed by atoms with Gasteiger partial charge >= 0.3 is 10.4 Å². The van der Waals surface area contributed by atoms with Crippen molar-refractivity contribution >= 4 is 16.2 Å². The Bertz CT molecular complexity index is 910. The Kier molecular flexibility index (Phi) is 5.12. The molecule has 168 valence electrons. The summed E-state index contributed by atoms with van der Waals surface area (Å²) in [5.41, 5.74) is -1.88. The number of carbonyl (C=O) groups is 1. The molecule has 0 saturated heterocycles. The third kappa shape index (κ3) is 3.13.